The number of hydrogen-bond acceptors (Lipinski definition) is 6. The standard InChI is InChI=1S/C15H19ClN4O3S.ClH/c16-11-4-3-5-12(10-11)24(21,22)18-9-6-13-19-14(20-23-13)15(17)7-1-2-8-15;/h3-5,10,18H,1-2,6-9,17H2;1H. The first-order chi connectivity index (χ1) is 11.4. The molecule has 0 aliphatic heterocycles. The maximum Gasteiger partial charge on any atom is 0.240 e. The Bertz CT molecular complexity index is 820. The molecule has 0 radical (unpaired) electrons. The van der Waals surface area contributed by atoms with Crippen molar-refractivity contribution in [3.8, 4) is 0 Å². The van der Waals surface area contributed by atoms with Crippen molar-refractivity contribution in [2.45, 2.75) is 42.5 Å². The largest absolute Gasteiger partial charge is 0.339 e. The lowest BCUT2D eigenvalue weighted by Gasteiger charge is -2.17. The van der Waals surface area contributed by atoms with Crippen molar-refractivity contribution in [3.05, 3.63) is 41.0 Å². The van der Waals surface area contributed by atoms with Gasteiger partial charge in [-0.2, -0.15) is 4.98 Å². The van der Waals surface area contributed by atoms with Gasteiger partial charge in [0.25, 0.3) is 0 Å². The van der Waals surface area contributed by atoms with Crippen molar-refractivity contribution in [2.75, 3.05) is 6.54 Å². The van der Waals surface area contributed by atoms with E-state index in [1.165, 1.54) is 12.1 Å². The second kappa shape index (κ2) is 8.01. The molecule has 10 heteroatoms. The molecule has 1 aromatic heterocycles. The number of nitrogens with zero attached hydrogens (tertiary/aromatic N) is 2. The summed E-state index contributed by atoms with van der Waals surface area (Å²) in [6.45, 7) is 0.147. The van der Waals surface area contributed by atoms with Crippen LogP contribution in [-0.4, -0.2) is 25.1 Å². The van der Waals surface area contributed by atoms with Gasteiger partial charge >= 0.3 is 0 Å². The van der Waals surface area contributed by atoms with Crippen LogP contribution in [0.2, 0.25) is 5.02 Å². The predicted octanol–water partition coefficient (Wildman–Crippen LogP) is 2.39. The molecule has 3 rings (SSSR count). The minimum atomic E-state index is -3.62. The van der Waals surface area contributed by atoms with Crippen LogP contribution >= 0.6 is 24.0 Å². The number of hydrogen-bond donors (Lipinski definition) is 2. The molecule has 1 aliphatic carbocycles. The summed E-state index contributed by atoms with van der Waals surface area (Å²) < 4.78 is 32.0. The lowest BCUT2D eigenvalue weighted by molar-refractivity contribution is 0.348. The number of benzene rings is 1. The number of rotatable bonds is 6. The molecule has 3 N–H and O–H groups in total. The van der Waals surface area contributed by atoms with Crippen LogP contribution in [0.1, 0.15) is 37.4 Å². The van der Waals surface area contributed by atoms with E-state index < -0.39 is 15.6 Å². The summed E-state index contributed by atoms with van der Waals surface area (Å²) in [5.41, 5.74) is 5.76. The van der Waals surface area contributed by atoms with Crippen molar-refractivity contribution >= 4 is 34.0 Å². The Balaban J connectivity index is 0.00000225. The molecule has 7 nitrogen and oxygen atoms in total. The fourth-order valence-electron chi connectivity index (χ4n) is 2.80. The predicted molar refractivity (Wildman–Crippen MR) is 96.2 cm³/mol. The Hall–Kier alpha value is -1.19. The van der Waals surface area contributed by atoms with E-state index in [2.05, 4.69) is 14.9 Å². The second-order valence-electron chi connectivity index (χ2n) is 5.98. The first-order valence-corrected chi connectivity index (χ1v) is 9.62. The minimum Gasteiger partial charge on any atom is -0.339 e. The summed E-state index contributed by atoms with van der Waals surface area (Å²) in [5, 5.41) is 4.31. The molecule has 1 saturated carbocycles. The molecule has 0 spiro atoms. The van der Waals surface area contributed by atoms with Gasteiger partial charge in [-0.3, -0.25) is 0 Å². The third kappa shape index (κ3) is 4.71. The highest BCUT2D eigenvalue weighted by molar-refractivity contribution is 7.89. The van der Waals surface area contributed by atoms with E-state index >= 15 is 0 Å². The van der Waals surface area contributed by atoms with Crippen LogP contribution in [0, 0.1) is 0 Å². The number of aromatic nitrogens is 2. The zero-order chi connectivity index (χ0) is 17.2. The summed E-state index contributed by atoms with van der Waals surface area (Å²) in [5.74, 6) is 0.878. The average Bonchev–Trinajstić information content (AvgIpc) is 3.17. The van der Waals surface area contributed by atoms with Crippen molar-refractivity contribution in [1.82, 2.24) is 14.9 Å². The van der Waals surface area contributed by atoms with Gasteiger partial charge in [-0.15, -0.1) is 12.4 Å². The molecule has 1 aliphatic rings. The van der Waals surface area contributed by atoms with Crippen LogP contribution < -0.4 is 10.5 Å². The quantitative estimate of drug-likeness (QED) is 0.761. The van der Waals surface area contributed by atoms with Crippen LogP contribution in [0.5, 0.6) is 0 Å². The maximum atomic E-state index is 12.2. The summed E-state index contributed by atoms with van der Waals surface area (Å²) >= 11 is 5.82. The Labute approximate surface area is 157 Å². The third-order valence-corrected chi connectivity index (χ3v) is 5.84. The lowest BCUT2D eigenvalue weighted by atomic mass is 9.99. The van der Waals surface area contributed by atoms with Crippen LogP contribution in [0.4, 0.5) is 0 Å². The monoisotopic (exact) mass is 406 g/mol. The Morgan fingerprint density at radius 1 is 1.32 bits per heavy atom. The summed E-state index contributed by atoms with van der Waals surface area (Å²) in [4.78, 5) is 4.43. The SMILES string of the molecule is Cl.NC1(c2noc(CCNS(=O)(=O)c3cccc(Cl)c3)n2)CCCC1. The van der Waals surface area contributed by atoms with E-state index in [1.54, 1.807) is 12.1 Å². The fraction of sp³-hybridized carbons (Fsp3) is 0.467. The highest BCUT2D eigenvalue weighted by atomic mass is 35.5. The summed E-state index contributed by atoms with van der Waals surface area (Å²) in [7, 11) is -3.62. The van der Waals surface area contributed by atoms with E-state index in [0.717, 1.165) is 25.7 Å². The van der Waals surface area contributed by atoms with E-state index in [1.807, 2.05) is 0 Å². The van der Waals surface area contributed by atoms with Crippen LogP contribution in [0.3, 0.4) is 0 Å². The number of nitrogens with one attached hydrogen (secondary N) is 1. The smallest absolute Gasteiger partial charge is 0.240 e. The molecule has 0 unspecified atom stereocenters. The molecule has 0 saturated heterocycles. The van der Waals surface area contributed by atoms with Gasteiger partial charge in [0.2, 0.25) is 15.9 Å². The van der Waals surface area contributed by atoms with Gasteiger partial charge in [-0.1, -0.05) is 35.7 Å². The van der Waals surface area contributed by atoms with Crippen LogP contribution in [-0.2, 0) is 22.0 Å². The van der Waals surface area contributed by atoms with Crippen molar-refractivity contribution < 1.29 is 12.9 Å². The van der Waals surface area contributed by atoms with Gasteiger partial charge in [-0.05, 0) is 31.0 Å². The molecular weight excluding hydrogens is 387 g/mol. The first kappa shape index (κ1) is 20.1. The van der Waals surface area contributed by atoms with Crippen LogP contribution in [0.15, 0.2) is 33.7 Å². The normalized spacial score (nSPS) is 16.6. The topological polar surface area (TPSA) is 111 Å². The Morgan fingerprint density at radius 2 is 2.04 bits per heavy atom. The number of nitrogens with two attached hydrogens (primary N) is 1. The molecule has 0 amide bonds. The number of sulfonamides is 1. The first-order valence-electron chi connectivity index (χ1n) is 7.76. The molecule has 0 atom stereocenters. The van der Waals surface area contributed by atoms with Gasteiger partial charge < -0.3 is 10.3 Å². The maximum absolute atomic E-state index is 12.2. The van der Waals surface area contributed by atoms with Crippen LogP contribution in [0.25, 0.3) is 0 Å². The zero-order valence-corrected chi connectivity index (χ0v) is 15.8. The molecule has 25 heavy (non-hydrogen) atoms. The van der Waals surface area contributed by atoms with Crippen molar-refractivity contribution in [1.29, 1.82) is 0 Å². The van der Waals surface area contributed by atoms with Gasteiger partial charge in [0.05, 0.1) is 10.4 Å². The highest BCUT2D eigenvalue weighted by Crippen LogP contribution is 2.34. The van der Waals surface area contributed by atoms with E-state index in [9.17, 15) is 8.42 Å². The van der Waals surface area contributed by atoms with Crippen molar-refractivity contribution in [2.24, 2.45) is 5.73 Å². The fourth-order valence-corrected chi connectivity index (χ4v) is 4.13. The highest BCUT2D eigenvalue weighted by Gasteiger charge is 2.35. The zero-order valence-electron chi connectivity index (χ0n) is 13.4. The molecule has 2 aromatic rings. The molecular formula is C15H20Cl2N4O3S. The van der Waals surface area contributed by atoms with Gasteiger partial charge in [0, 0.05) is 18.0 Å². The molecule has 1 heterocycles. The lowest BCUT2D eigenvalue weighted by Crippen LogP contribution is -2.34. The van der Waals surface area contributed by atoms with Gasteiger partial charge in [0.15, 0.2) is 5.82 Å². The van der Waals surface area contributed by atoms with E-state index in [4.69, 9.17) is 21.9 Å². The molecule has 1 aromatic carbocycles. The number of halogens is 2. The van der Waals surface area contributed by atoms with Gasteiger partial charge in [0.1, 0.15) is 0 Å². The van der Waals surface area contributed by atoms with E-state index in [-0.39, 0.29) is 23.8 Å². The molecule has 1 fully saturated rings. The Morgan fingerprint density at radius 3 is 2.72 bits per heavy atom. The van der Waals surface area contributed by atoms with Crippen molar-refractivity contribution in [3.63, 3.8) is 0 Å². The second-order valence-corrected chi connectivity index (χ2v) is 8.18. The molecule has 138 valence electrons. The third-order valence-electron chi connectivity index (χ3n) is 4.15. The minimum absolute atomic E-state index is 0. The summed E-state index contributed by atoms with van der Waals surface area (Å²) in [6, 6.07) is 6.08. The Kier molecular flexibility index (Phi) is 6.45. The van der Waals surface area contributed by atoms with Gasteiger partial charge in [-0.25, -0.2) is 13.1 Å². The van der Waals surface area contributed by atoms with E-state index in [0.29, 0.717) is 23.2 Å². The average molecular weight is 407 g/mol. The molecule has 0 bridgehead atoms. The summed E-state index contributed by atoms with van der Waals surface area (Å²) in [6.07, 6.45) is 4.09.